The normalized spacial score (nSPS) is 12.6. The van der Waals surface area contributed by atoms with Crippen LogP contribution in [0.15, 0.2) is 237 Å². The number of rotatable bonds is 7. The SMILES string of the molecule is c1cc(-c2ccc(N(c3ccc(-c4cccc(N5c6ccccc6Cc6ccccc65)c4)cc3)c3ccc4ccccc4c3)cc2)cc(N2c3ccccc3Cc3ccccc32)c1. The molecule has 2 aliphatic rings. The number of benzene rings is 10. The molecule has 0 atom stereocenters. The molecule has 12 rings (SSSR count). The van der Waals surface area contributed by atoms with Gasteiger partial charge in [-0.15, -0.1) is 0 Å². The Kier molecular flexibility index (Phi) is 8.97. The van der Waals surface area contributed by atoms with Gasteiger partial charge >= 0.3 is 0 Å². The summed E-state index contributed by atoms with van der Waals surface area (Å²) >= 11 is 0. The molecule has 0 aromatic heterocycles. The molecule has 0 spiro atoms. The summed E-state index contributed by atoms with van der Waals surface area (Å²) in [7, 11) is 0. The number of nitrogens with zero attached hydrogens (tertiary/aromatic N) is 3. The maximum atomic E-state index is 2.42. The molecular weight excluding hydrogens is 763 g/mol. The minimum atomic E-state index is 0.942. The fourth-order valence-electron chi connectivity index (χ4n) is 9.76. The van der Waals surface area contributed by atoms with Crippen molar-refractivity contribution < 1.29 is 0 Å². The number of hydrogen-bond acceptors (Lipinski definition) is 3. The van der Waals surface area contributed by atoms with E-state index in [2.05, 4.69) is 251 Å². The lowest BCUT2D eigenvalue weighted by Crippen LogP contribution is -2.18. The Morgan fingerprint density at radius 3 is 1.10 bits per heavy atom. The molecule has 0 N–H and O–H groups in total. The predicted octanol–water partition coefficient (Wildman–Crippen LogP) is 16.4. The van der Waals surface area contributed by atoms with Crippen LogP contribution in [0.3, 0.4) is 0 Å². The Hall–Kier alpha value is -8.14. The van der Waals surface area contributed by atoms with Gasteiger partial charge in [-0.1, -0.05) is 152 Å². The summed E-state index contributed by atoms with van der Waals surface area (Å²) in [5, 5.41) is 2.44. The van der Waals surface area contributed by atoms with Crippen molar-refractivity contribution in [1.82, 2.24) is 0 Å². The van der Waals surface area contributed by atoms with Crippen molar-refractivity contribution in [2.45, 2.75) is 12.8 Å². The summed E-state index contributed by atoms with van der Waals surface area (Å²) in [5.74, 6) is 0. The molecule has 0 unspecified atom stereocenters. The summed E-state index contributed by atoms with van der Waals surface area (Å²) in [5.41, 5.74) is 20.7. The molecule has 2 heterocycles. The van der Waals surface area contributed by atoms with E-state index in [0.29, 0.717) is 0 Å². The minimum Gasteiger partial charge on any atom is -0.310 e. The third-order valence-corrected chi connectivity index (χ3v) is 12.8. The summed E-state index contributed by atoms with van der Waals surface area (Å²) in [6.07, 6.45) is 1.88. The van der Waals surface area contributed by atoms with Crippen LogP contribution >= 0.6 is 0 Å². The highest BCUT2D eigenvalue weighted by atomic mass is 15.2. The highest BCUT2D eigenvalue weighted by molar-refractivity contribution is 5.91. The first-order valence-electron chi connectivity index (χ1n) is 21.8. The zero-order valence-corrected chi connectivity index (χ0v) is 34.8. The first-order valence-corrected chi connectivity index (χ1v) is 21.8. The Morgan fingerprint density at radius 2 is 0.651 bits per heavy atom. The van der Waals surface area contributed by atoms with E-state index < -0.39 is 0 Å². The Morgan fingerprint density at radius 1 is 0.270 bits per heavy atom. The second kappa shape index (κ2) is 15.4. The molecule has 0 bridgehead atoms. The molecule has 10 aromatic carbocycles. The fraction of sp³-hybridized carbons (Fsp3) is 0.0333. The van der Waals surface area contributed by atoms with Gasteiger partial charge in [-0.25, -0.2) is 0 Å². The molecule has 0 aliphatic carbocycles. The van der Waals surface area contributed by atoms with E-state index in [1.165, 1.54) is 78.0 Å². The van der Waals surface area contributed by atoms with E-state index in [0.717, 1.165) is 41.3 Å². The first-order chi connectivity index (χ1) is 31.2. The van der Waals surface area contributed by atoms with Crippen molar-refractivity contribution in [1.29, 1.82) is 0 Å². The van der Waals surface area contributed by atoms with Gasteiger partial charge in [-0.05, 0) is 140 Å². The van der Waals surface area contributed by atoms with Crippen LogP contribution in [0.4, 0.5) is 51.2 Å². The van der Waals surface area contributed by atoms with E-state index >= 15 is 0 Å². The molecule has 10 aromatic rings. The Labute approximate surface area is 369 Å². The topological polar surface area (TPSA) is 9.72 Å². The number of fused-ring (bicyclic) bond motifs is 5. The standard InChI is InChI=1S/C60H43N3/c1-2-14-45-41-56(36-31-42(45)13-1)61(52-32-27-43(28-33-52)46-19-11-21-54(39-46)62-57-23-7-3-15-48(57)37-49-16-4-8-24-58(49)62)53-34-29-44(30-35-53)47-20-12-22-55(40-47)63-59-25-9-5-17-50(59)38-51-18-6-10-26-60(51)63/h1-36,39-41H,37-38H2. The van der Waals surface area contributed by atoms with Gasteiger partial charge in [0.2, 0.25) is 0 Å². The molecular formula is C60H43N3. The lowest BCUT2D eigenvalue weighted by atomic mass is 9.94. The quantitative estimate of drug-likeness (QED) is 0.159. The van der Waals surface area contributed by atoms with Crippen LogP contribution in [0.2, 0.25) is 0 Å². The molecule has 63 heavy (non-hydrogen) atoms. The number of anilines is 9. The zero-order chi connectivity index (χ0) is 41.7. The first kappa shape index (κ1) is 36.7. The van der Waals surface area contributed by atoms with Crippen LogP contribution in [0.25, 0.3) is 33.0 Å². The lowest BCUT2D eigenvalue weighted by molar-refractivity contribution is 1.09. The van der Waals surface area contributed by atoms with Crippen LogP contribution in [0.1, 0.15) is 22.3 Å². The average molecular weight is 806 g/mol. The van der Waals surface area contributed by atoms with Gasteiger partial charge in [-0.3, -0.25) is 0 Å². The molecule has 2 aliphatic heterocycles. The minimum absolute atomic E-state index is 0.942. The average Bonchev–Trinajstić information content (AvgIpc) is 3.35. The second-order valence-corrected chi connectivity index (χ2v) is 16.6. The molecule has 3 heteroatoms. The van der Waals surface area contributed by atoms with Crippen molar-refractivity contribution in [2.24, 2.45) is 0 Å². The summed E-state index contributed by atoms with van der Waals surface area (Å²) < 4.78 is 0. The second-order valence-electron chi connectivity index (χ2n) is 16.6. The predicted molar refractivity (Wildman–Crippen MR) is 264 cm³/mol. The van der Waals surface area contributed by atoms with Crippen molar-refractivity contribution in [3.05, 3.63) is 259 Å². The van der Waals surface area contributed by atoms with Crippen molar-refractivity contribution in [3.63, 3.8) is 0 Å². The van der Waals surface area contributed by atoms with E-state index in [9.17, 15) is 0 Å². The van der Waals surface area contributed by atoms with E-state index in [-0.39, 0.29) is 0 Å². The van der Waals surface area contributed by atoms with E-state index in [4.69, 9.17) is 0 Å². The van der Waals surface area contributed by atoms with Gasteiger partial charge < -0.3 is 14.7 Å². The molecule has 0 saturated carbocycles. The largest absolute Gasteiger partial charge is 0.310 e. The van der Waals surface area contributed by atoms with Gasteiger partial charge in [0.1, 0.15) is 0 Å². The fourth-order valence-corrected chi connectivity index (χ4v) is 9.76. The maximum Gasteiger partial charge on any atom is 0.0497 e. The van der Waals surface area contributed by atoms with Crippen LogP contribution in [0, 0.1) is 0 Å². The smallest absolute Gasteiger partial charge is 0.0497 e. The molecule has 3 nitrogen and oxygen atoms in total. The van der Waals surface area contributed by atoms with Crippen LogP contribution in [0.5, 0.6) is 0 Å². The molecule has 298 valence electrons. The van der Waals surface area contributed by atoms with E-state index in [1.54, 1.807) is 0 Å². The summed E-state index contributed by atoms with van der Waals surface area (Å²) in [6, 6.07) is 86.5. The van der Waals surface area contributed by atoms with Gasteiger partial charge in [-0.2, -0.15) is 0 Å². The zero-order valence-electron chi connectivity index (χ0n) is 34.8. The summed E-state index contributed by atoms with van der Waals surface area (Å²) in [4.78, 5) is 7.20. The van der Waals surface area contributed by atoms with Crippen molar-refractivity contribution >= 4 is 62.0 Å². The van der Waals surface area contributed by atoms with Crippen LogP contribution < -0.4 is 14.7 Å². The van der Waals surface area contributed by atoms with E-state index in [1.807, 2.05) is 0 Å². The number of hydrogen-bond donors (Lipinski definition) is 0. The monoisotopic (exact) mass is 805 g/mol. The molecule has 0 amide bonds. The molecule has 0 saturated heterocycles. The Balaban J connectivity index is 0.892. The van der Waals surface area contributed by atoms with Gasteiger partial charge in [0.15, 0.2) is 0 Å². The van der Waals surface area contributed by atoms with Crippen LogP contribution in [-0.2, 0) is 12.8 Å². The summed E-state index contributed by atoms with van der Waals surface area (Å²) in [6.45, 7) is 0. The highest BCUT2D eigenvalue weighted by Crippen LogP contribution is 2.47. The van der Waals surface area contributed by atoms with Gasteiger partial charge in [0.05, 0.1) is 0 Å². The van der Waals surface area contributed by atoms with Gasteiger partial charge in [0, 0.05) is 64.0 Å². The van der Waals surface area contributed by atoms with Crippen molar-refractivity contribution in [3.8, 4) is 22.3 Å². The molecule has 0 radical (unpaired) electrons. The Bertz CT molecular complexity index is 3040. The van der Waals surface area contributed by atoms with Crippen LogP contribution in [-0.4, -0.2) is 0 Å². The number of para-hydroxylation sites is 4. The maximum absolute atomic E-state index is 2.42. The third-order valence-electron chi connectivity index (χ3n) is 12.8. The lowest BCUT2D eigenvalue weighted by Gasteiger charge is -2.33. The van der Waals surface area contributed by atoms with Crippen molar-refractivity contribution in [2.75, 3.05) is 14.7 Å². The third kappa shape index (κ3) is 6.63. The van der Waals surface area contributed by atoms with Gasteiger partial charge in [0.25, 0.3) is 0 Å². The highest BCUT2D eigenvalue weighted by Gasteiger charge is 2.25. The molecule has 0 fully saturated rings.